The number of pyridine rings is 1. The molecule has 1 fully saturated rings. The van der Waals surface area contributed by atoms with Gasteiger partial charge >= 0.3 is 5.97 Å². The Labute approximate surface area is 177 Å². The fraction of sp³-hybridized carbons (Fsp3) is 0.308. The molecule has 1 aliphatic carbocycles. The second-order valence-electron chi connectivity index (χ2n) is 8.11. The maximum atomic E-state index is 12.0. The highest BCUT2D eigenvalue weighted by Gasteiger charge is 2.46. The number of hydrogen-bond donors (Lipinski definition) is 0. The van der Waals surface area contributed by atoms with E-state index < -0.39 is 0 Å². The van der Waals surface area contributed by atoms with E-state index in [0.717, 1.165) is 11.4 Å². The molecule has 1 aliphatic rings. The van der Waals surface area contributed by atoms with E-state index in [2.05, 4.69) is 36.2 Å². The first-order valence-electron chi connectivity index (χ1n) is 10.5. The van der Waals surface area contributed by atoms with Crippen LogP contribution in [0.3, 0.4) is 0 Å². The van der Waals surface area contributed by atoms with Gasteiger partial charge in [-0.25, -0.2) is 4.79 Å². The molecule has 30 heavy (non-hydrogen) atoms. The minimum absolute atomic E-state index is 0.252. The van der Waals surface area contributed by atoms with Crippen LogP contribution in [0.25, 0.3) is 0 Å². The molecule has 0 aliphatic heterocycles. The van der Waals surface area contributed by atoms with Crippen molar-refractivity contribution < 1.29 is 14.3 Å². The van der Waals surface area contributed by atoms with Gasteiger partial charge in [0.2, 0.25) is 0 Å². The number of carbonyl (C=O) groups excluding carboxylic acids is 1. The van der Waals surface area contributed by atoms with E-state index in [9.17, 15) is 4.79 Å². The maximum Gasteiger partial charge on any atom is 0.338 e. The quantitative estimate of drug-likeness (QED) is 0.450. The minimum Gasteiger partial charge on any atom is -0.487 e. The summed E-state index contributed by atoms with van der Waals surface area (Å²) in [5.74, 6) is 0.855. The first-order chi connectivity index (χ1) is 14.6. The summed E-state index contributed by atoms with van der Waals surface area (Å²) in [6.45, 7) is 5.00. The van der Waals surface area contributed by atoms with E-state index >= 15 is 0 Å². The molecule has 154 valence electrons. The Kier molecular flexibility index (Phi) is 5.84. The largest absolute Gasteiger partial charge is 0.487 e. The predicted molar refractivity (Wildman–Crippen MR) is 117 cm³/mol. The molecule has 1 aromatic heterocycles. The third kappa shape index (κ3) is 4.54. The van der Waals surface area contributed by atoms with Crippen molar-refractivity contribution in [3.8, 4) is 5.75 Å². The Bertz CT molecular complexity index is 977. The Morgan fingerprint density at radius 2 is 1.67 bits per heavy atom. The van der Waals surface area contributed by atoms with Crippen LogP contribution < -0.4 is 4.74 Å². The van der Waals surface area contributed by atoms with Gasteiger partial charge in [0.1, 0.15) is 12.4 Å². The van der Waals surface area contributed by atoms with Gasteiger partial charge in [-0.3, -0.25) is 4.98 Å². The molecule has 4 nitrogen and oxygen atoms in total. The van der Waals surface area contributed by atoms with Crippen LogP contribution >= 0.6 is 0 Å². The Balaban J connectivity index is 1.51. The van der Waals surface area contributed by atoms with Crippen molar-refractivity contribution in [3.63, 3.8) is 0 Å². The summed E-state index contributed by atoms with van der Waals surface area (Å²) in [5.41, 5.74) is 4.25. The SMILES string of the molecule is CCOC(=O)c1ccc(C(c2ccc(OCc3ccccn3)cc2)C2(C)CC2)cc1. The summed E-state index contributed by atoms with van der Waals surface area (Å²) >= 11 is 0. The fourth-order valence-corrected chi connectivity index (χ4v) is 3.91. The number of benzene rings is 2. The number of aromatic nitrogens is 1. The molecular formula is C26H27NO3. The molecule has 0 bridgehead atoms. The van der Waals surface area contributed by atoms with Crippen LogP contribution in [-0.4, -0.2) is 17.6 Å². The zero-order chi connectivity index (χ0) is 21.0. The standard InChI is InChI=1S/C26H27NO3/c1-3-29-25(28)21-9-7-19(8-10-21)24(26(2)15-16-26)20-11-13-23(14-12-20)30-18-22-6-4-5-17-27-22/h4-14,17,24H,3,15-16,18H2,1-2H3. The van der Waals surface area contributed by atoms with Crippen molar-refractivity contribution in [2.45, 2.75) is 39.2 Å². The van der Waals surface area contributed by atoms with Crippen LogP contribution in [0.5, 0.6) is 5.75 Å². The van der Waals surface area contributed by atoms with Gasteiger partial charge in [-0.05, 0) is 72.7 Å². The van der Waals surface area contributed by atoms with E-state index in [0.29, 0.717) is 24.7 Å². The van der Waals surface area contributed by atoms with Crippen molar-refractivity contribution in [1.29, 1.82) is 0 Å². The molecule has 0 N–H and O–H groups in total. The van der Waals surface area contributed by atoms with Gasteiger partial charge in [0.05, 0.1) is 17.9 Å². The van der Waals surface area contributed by atoms with Crippen LogP contribution in [-0.2, 0) is 11.3 Å². The van der Waals surface area contributed by atoms with Crippen molar-refractivity contribution in [1.82, 2.24) is 4.98 Å². The molecule has 0 saturated heterocycles. The second-order valence-corrected chi connectivity index (χ2v) is 8.11. The molecule has 1 atom stereocenters. The number of ether oxygens (including phenoxy) is 2. The third-order valence-corrected chi connectivity index (χ3v) is 5.82. The summed E-state index contributed by atoms with van der Waals surface area (Å²) < 4.78 is 11.0. The lowest BCUT2D eigenvalue weighted by Crippen LogP contribution is -2.13. The second kappa shape index (κ2) is 8.70. The van der Waals surface area contributed by atoms with Gasteiger partial charge < -0.3 is 9.47 Å². The summed E-state index contributed by atoms with van der Waals surface area (Å²) in [5, 5.41) is 0. The average Bonchev–Trinajstić information content (AvgIpc) is 3.52. The monoisotopic (exact) mass is 401 g/mol. The highest BCUT2D eigenvalue weighted by atomic mass is 16.5. The number of carbonyl (C=O) groups is 1. The Morgan fingerprint density at radius 3 is 2.23 bits per heavy atom. The summed E-state index contributed by atoms with van der Waals surface area (Å²) in [6, 6.07) is 22.1. The van der Waals surface area contributed by atoms with Crippen molar-refractivity contribution in [3.05, 3.63) is 95.3 Å². The van der Waals surface area contributed by atoms with Gasteiger partial charge in [0.25, 0.3) is 0 Å². The maximum absolute atomic E-state index is 12.0. The van der Waals surface area contributed by atoms with Gasteiger partial charge in [0.15, 0.2) is 0 Å². The molecule has 4 rings (SSSR count). The van der Waals surface area contributed by atoms with Gasteiger partial charge in [-0.1, -0.05) is 37.3 Å². The first kappa shape index (κ1) is 20.1. The summed E-state index contributed by atoms with van der Waals surface area (Å²) in [6.07, 6.45) is 4.18. The molecule has 2 aromatic carbocycles. The van der Waals surface area contributed by atoms with Crippen LogP contribution in [0.1, 0.15) is 59.8 Å². The van der Waals surface area contributed by atoms with Gasteiger partial charge in [-0.15, -0.1) is 0 Å². The lowest BCUT2D eigenvalue weighted by Gasteiger charge is -2.25. The van der Waals surface area contributed by atoms with E-state index in [-0.39, 0.29) is 11.4 Å². The fourth-order valence-electron chi connectivity index (χ4n) is 3.91. The van der Waals surface area contributed by atoms with Crippen LogP contribution in [0, 0.1) is 5.41 Å². The predicted octanol–water partition coefficient (Wildman–Crippen LogP) is 5.77. The molecular weight excluding hydrogens is 374 g/mol. The van der Waals surface area contributed by atoms with Crippen molar-refractivity contribution >= 4 is 5.97 Å². The zero-order valence-corrected chi connectivity index (χ0v) is 17.5. The zero-order valence-electron chi connectivity index (χ0n) is 17.5. The van der Waals surface area contributed by atoms with Crippen molar-refractivity contribution in [2.75, 3.05) is 6.61 Å². The first-order valence-corrected chi connectivity index (χ1v) is 10.5. The number of esters is 1. The Morgan fingerprint density at radius 1 is 1.00 bits per heavy atom. The van der Waals surface area contributed by atoms with E-state index in [1.165, 1.54) is 24.0 Å². The number of nitrogens with zero attached hydrogens (tertiary/aromatic N) is 1. The van der Waals surface area contributed by atoms with Crippen molar-refractivity contribution in [2.24, 2.45) is 5.41 Å². The molecule has 1 unspecified atom stereocenters. The highest BCUT2D eigenvalue weighted by molar-refractivity contribution is 5.89. The smallest absolute Gasteiger partial charge is 0.338 e. The van der Waals surface area contributed by atoms with Gasteiger partial charge in [0, 0.05) is 12.1 Å². The van der Waals surface area contributed by atoms with E-state index in [1.807, 2.05) is 49.4 Å². The number of rotatable bonds is 8. The lowest BCUT2D eigenvalue weighted by molar-refractivity contribution is 0.0526. The molecule has 1 saturated carbocycles. The third-order valence-electron chi connectivity index (χ3n) is 5.82. The molecule has 4 heteroatoms. The highest BCUT2D eigenvalue weighted by Crippen LogP contribution is 2.58. The molecule has 0 radical (unpaired) electrons. The molecule has 0 amide bonds. The molecule has 3 aromatic rings. The van der Waals surface area contributed by atoms with Crippen LogP contribution in [0.4, 0.5) is 0 Å². The summed E-state index contributed by atoms with van der Waals surface area (Å²) in [4.78, 5) is 16.3. The minimum atomic E-state index is -0.271. The van der Waals surface area contributed by atoms with E-state index in [1.54, 1.807) is 6.20 Å². The molecule has 0 spiro atoms. The Hall–Kier alpha value is -3.14. The topological polar surface area (TPSA) is 48.4 Å². The van der Waals surface area contributed by atoms with Crippen LogP contribution in [0.15, 0.2) is 72.9 Å². The van der Waals surface area contributed by atoms with Gasteiger partial charge in [-0.2, -0.15) is 0 Å². The number of hydrogen-bond acceptors (Lipinski definition) is 4. The van der Waals surface area contributed by atoms with E-state index in [4.69, 9.17) is 9.47 Å². The molecule has 1 heterocycles. The summed E-state index contributed by atoms with van der Waals surface area (Å²) in [7, 11) is 0. The lowest BCUT2D eigenvalue weighted by atomic mass is 9.79. The van der Waals surface area contributed by atoms with Crippen LogP contribution in [0.2, 0.25) is 0 Å². The normalized spacial score (nSPS) is 15.3. The average molecular weight is 402 g/mol.